The second-order valence-corrected chi connectivity index (χ2v) is 3.12. The van der Waals surface area contributed by atoms with E-state index in [0.29, 0.717) is 0 Å². The molecule has 0 saturated carbocycles. The Morgan fingerprint density at radius 2 is 2.33 bits per heavy atom. The lowest BCUT2D eigenvalue weighted by Crippen LogP contribution is -1.92. The lowest BCUT2D eigenvalue weighted by molar-refractivity contribution is 0.668. The summed E-state index contributed by atoms with van der Waals surface area (Å²) in [6.07, 6.45) is 2.00. The predicted octanol–water partition coefficient (Wildman–Crippen LogP) is 2.71. The summed E-state index contributed by atoms with van der Waals surface area (Å²) in [5.74, 6) is 0. The van der Waals surface area contributed by atoms with Gasteiger partial charge in [-0.05, 0) is 25.1 Å². The maximum atomic E-state index is 5.83. The normalized spacial score (nSPS) is 10.8. The molecule has 0 bridgehead atoms. The number of aromatic nitrogens is 2. The van der Waals surface area contributed by atoms with Crippen LogP contribution in [-0.2, 0) is 6.54 Å². The third-order valence-corrected chi connectivity index (χ3v) is 2.07. The van der Waals surface area contributed by atoms with Crippen LogP contribution in [0.3, 0.4) is 0 Å². The molecule has 0 radical (unpaired) electrons. The lowest BCUT2D eigenvalue weighted by atomic mass is 10.3. The molecule has 0 spiro atoms. The van der Waals surface area contributed by atoms with Gasteiger partial charge in [0.2, 0.25) is 0 Å². The Bertz CT molecular complexity index is 406. The first-order valence-electron chi connectivity index (χ1n) is 3.92. The van der Waals surface area contributed by atoms with Gasteiger partial charge in [0.1, 0.15) is 0 Å². The smallest absolute Gasteiger partial charge is 0.0924 e. The number of fused-ring (bicyclic) bond motifs is 1. The van der Waals surface area contributed by atoms with Crippen molar-refractivity contribution in [1.82, 2.24) is 9.78 Å². The first-order chi connectivity index (χ1) is 5.79. The van der Waals surface area contributed by atoms with Gasteiger partial charge in [-0.2, -0.15) is 5.10 Å². The highest BCUT2D eigenvalue weighted by atomic mass is 35.5. The fourth-order valence-electron chi connectivity index (χ4n) is 1.21. The van der Waals surface area contributed by atoms with Gasteiger partial charge in [0.15, 0.2) is 0 Å². The summed E-state index contributed by atoms with van der Waals surface area (Å²) in [5.41, 5.74) is 1.00. The van der Waals surface area contributed by atoms with Crippen molar-refractivity contribution in [2.45, 2.75) is 13.5 Å². The highest BCUT2D eigenvalue weighted by molar-refractivity contribution is 6.31. The van der Waals surface area contributed by atoms with Crippen LogP contribution in [0, 0.1) is 0 Å². The Balaban J connectivity index is 2.67. The van der Waals surface area contributed by atoms with Gasteiger partial charge in [-0.25, -0.2) is 0 Å². The summed E-state index contributed by atoms with van der Waals surface area (Å²) in [5, 5.41) is 6.19. The number of nitrogens with zero attached hydrogens (tertiary/aromatic N) is 2. The molecule has 1 heterocycles. The van der Waals surface area contributed by atoms with Gasteiger partial charge < -0.3 is 0 Å². The first kappa shape index (κ1) is 7.62. The molecule has 0 N–H and O–H groups in total. The van der Waals surface area contributed by atoms with Gasteiger partial charge in [-0.15, -0.1) is 0 Å². The highest BCUT2D eigenvalue weighted by Crippen LogP contribution is 2.17. The van der Waals surface area contributed by atoms with Gasteiger partial charge in [0, 0.05) is 23.2 Å². The van der Waals surface area contributed by atoms with Crippen molar-refractivity contribution >= 4 is 22.5 Å². The van der Waals surface area contributed by atoms with E-state index < -0.39 is 0 Å². The van der Waals surface area contributed by atoms with E-state index >= 15 is 0 Å². The molecular formula is C9H9ClN2. The van der Waals surface area contributed by atoms with E-state index in [1.807, 2.05) is 29.1 Å². The summed E-state index contributed by atoms with van der Waals surface area (Å²) in [4.78, 5) is 0. The summed E-state index contributed by atoms with van der Waals surface area (Å²) >= 11 is 5.83. The molecule has 1 aromatic heterocycles. The maximum absolute atomic E-state index is 5.83. The molecule has 0 fully saturated rings. The first-order valence-corrected chi connectivity index (χ1v) is 4.30. The monoisotopic (exact) mass is 180 g/mol. The van der Waals surface area contributed by atoms with Crippen molar-refractivity contribution in [3.8, 4) is 0 Å². The third kappa shape index (κ3) is 1.18. The van der Waals surface area contributed by atoms with Crippen molar-refractivity contribution in [3.05, 3.63) is 29.4 Å². The SMILES string of the molecule is CCn1cc2cc(Cl)ccc2n1. The molecule has 12 heavy (non-hydrogen) atoms. The van der Waals surface area contributed by atoms with E-state index in [9.17, 15) is 0 Å². The lowest BCUT2D eigenvalue weighted by Gasteiger charge is -1.88. The summed E-state index contributed by atoms with van der Waals surface area (Å²) in [7, 11) is 0. The molecule has 0 unspecified atom stereocenters. The standard InChI is InChI=1S/C9H9ClN2/c1-2-12-6-7-5-8(10)3-4-9(7)11-12/h3-6H,2H2,1H3. The molecule has 2 rings (SSSR count). The molecule has 0 aliphatic rings. The average molecular weight is 181 g/mol. The Morgan fingerprint density at radius 3 is 3.08 bits per heavy atom. The predicted molar refractivity (Wildman–Crippen MR) is 50.4 cm³/mol. The van der Waals surface area contributed by atoms with Crippen LogP contribution in [-0.4, -0.2) is 9.78 Å². The van der Waals surface area contributed by atoms with Crippen molar-refractivity contribution in [3.63, 3.8) is 0 Å². The molecule has 1 aromatic carbocycles. The van der Waals surface area contributed by atoms with E-state index in [1.54, 1.807) is 0 Å². The second kappa shape index (κ2) is 2.79. The summed E-state index contributed by atoms with van der Waals surface area (Å²) in [6, 6.07) is 5.72. The van der Waals surface area contributed by atoms with Crippen molar-refractivity contribution in [1.29, 1.82) is 0 Å². The average Bonchev–Trinajstić information content (AvgIpc) is 2.46. The fourth-order valence-corrected chi connectivity index (χ4v) is 1.39. The Labute approximate surface area is 75.8 Å². The Morgan fingerprint density at radius 1 is 1.50 bits per heavy atom. The molecule has 0 amide bonds. The van der Waals surface area contributed by atoms with Crippen molar-refractivity contribution in [2.75, 3.05) is 0 Å². The number of benzene rings is 1. The van der Waals surface area contributed by atoms with Crippen molar-refractivity contribution < 1.29 is 0 Å². The van der Waals surface area contributed by atoms with Gasteiger partial charge in [0.05, 0.1) is 5.52 Å². The summed E-state index contributed by atoms with van der Waals surface area (Å²) in [6.45, 7) is 2.96. The van der Waals surface area contributed by atoms with Crippen LogP contribution in [0.1, 0.15) is 6.92 Å². The molecule has 62 valence electrons. The van der Waals surface area contributed by atoms with Crippen LogP contribution >= 0.6 is 11.6 Å². The van der Waals surface area contributed by atoms with Crippen LogP contribution in [0.5, 0.6) is 0 Å². The quantitative estimate of drug-likeness (QED) is 0.660. The highest BCUT2D eigenvalue weighted by Gasteiger charge is 1.98. The van der Waals surface area contributed by atoms with Gasteiger partial charge in [-0.1, -0.05) is 11.6 Å². The molecule has 3 heteroatoms. The topological polar surface area (TPSA) is 17.8 Å². The molecule has 0 aliphatic heterocycles. The van der Waals surface area contributed by atoms with Crippen molar-refractivity contribution in [2.24, 2.45) is 0 Å². The van der Waals surface area contributed by atoms with E-state index in [2.05, 4.69) is 12.0 Å². The third-order valence-electron chi connectivity index (χ3n) is 1.84. The zero-order valence-electron chi connectivity index (χ0n) is 6.79. The number of hydrogen-bond donors (Lipinski definition) is 0. The molecule has 0 atom stereocenters. The molecule has 0 aliphatic carbocycles. The minimum Gasteiger partial charge on any atom is -0.272 e. The molecule has 2 aromatic rings. The van der Waals surface area contributed by atoms with E-state index in [1.165, 1.54) is 0 Å². The van der Waals surface area contributed by atoms with Crippen LogP contribution in [0.15, 0.2) is 24.4 Å². The minimum absolute atomic E-state index is 0.762. The van der Waals surface area contributed by atoms with Crippen LogP contribution in [0.2, 0.25) is 5.02 Å². The zero-order valence-corrected chi connectivity index (χ0v) is 7.54. The van der Waals surface area contributed by atoms with Crippen LogP contribution < -0.4 is 0 Å². The largest absolute Gasteiger partial charge is 0.272 e. The second-order valence-electron chi connectivity index (χ2n) is 2.69. The van der Waals surface area contributed by atoms with Gasteiger partial charge in [0.25, 0.3) is 0 Å². The van der Waals surface area contributed by atoms with E-state index in [-0.39, 0.29) is 0 Å². The number of aryl methyl sites for hydroxylation is 1. The Hall–Kier alpha value is -1.02. The van der Waals surface area contributed by atoms with E-state index in [0.717, 1.165) is 22.5 Å². The number of hydrogen-bond acceptors (Lipinski definition) is 1. The van der Waals surface area contributed by atoms with Gasteiger partial charge in [-0.3, -0.25) is 4.68 Å². The van der Waals surface area contributed by atoms with E-state index in [4.69, 9.17) is 11.6 Å². The molecule has 2 nitrogen and oxygen atoms in total. The zero-order chi connectivity index (χ0) is 8.55. The van der Waals surface area contributed by atoms with Gasteiger partial charge >= 0.3 is 0 Å². The fraction of sp³-hybridized carbons (Fsp3) is 0.222. The number of halogens is 1. The Kier molecular flexibility index (Phi) is 1.77. The van der Waals surface area contributed by atoms with Crippen LogP contribution in [0.25, 0.3) is 10.9 Å². The number of rotatable bonds is 1. The molecule has 0 saturated heterocycles. The minimum atomic E-state index is 0.762. The summed E-state index contributed by atoms with van der Waals surface area (Å²) < 4.78 is 1.90. The maximum Gasteiger partial charge on any atom is 0.0924 e. The molecular weight excluding hydrogens is 172 g/mol. The van der Waals surface area contributed by atoms with Crippen LogP contribution in [0.4, 0.5) is 0 Å².